The third kappa shape index (κ3) is 5.50. The lowest BCUT2D eigenvalue weighted by Gasteiger charge is -2.31. The van der Waals surface area contributed by atoms with Crippen LogP contribution in [0.5, 0.6) is 0 Å². The average molecular weight is 283 g/mol. The zero-order valence-corrected chi connectivity index (χ0v) is 12.6. The number of hydrogen-bond acceptors (Lipinski definition) is 3. The van der Waals surface area contributed by atoms with Gasteiger partial charge < -0.3 is 20.3 Å². The number of urea groups is 1. The van der Waals surface area contributed by atoms with Crippen molar-refractivity contribution in [3.8, 4) is 0 Å². The molecule has 6 heteroatoms. The minimum Gasteiger partial charge on any atom is -0.450 e. The highest BCUT2D eigenvalue weighted by Gasteiger charge is 2.24. The lowest BCUT2D eigenvalue weighted by atomic mass is 10.1. The van der Waals surface area contributed by atoms with E-state index in [1.807, 2.05) is 13.8 Å². The van der Waals surface area contributed by atoms with Crippen LogP contribution in [0.4, 0.5) is 9.59 Å². The van der Waals surface area contributed by atoms with Gasteiger partial charge in [0.15, 0.2) is 0 Å². The minimum absolute atomic E-state index is 0.107. The van der Waals surface area contributed by atoms with Crippen molar-refractivity contribution in [3.05, 3.63) is 11.8 Å². The van der Waals surface area contributed by atoms with Gasteiger partial charge in [-0.3, -0.25) is 0 Å². The molecule has 0 radical (unpaired) electrons. The molecule has 0 atom stereocenters. The number of carbonyl (C=O) groups is 2. The quantitative estimate of drug-likeness (QED) is 0.831. The average Bonchev–Trinajstić information content (AvgIpc) is 2.45. The summed E-state index contributed by atoms with van der Waals surface area (Å²) in [5, 5.41) is 5.63. The van der Waals surface area contributed by atoms with Crippen molar-refractivity contribution in [3.63, 3.8) is 0 Å². The van der Waals surface area contributed by atoms with E-state index in [4.69, 9.17) is 4.74 Å². The fourth-order valence-corrected chi connectivity index (χ4v) is 1.94. The van der Waals surface area contributed by atoms with Crippen LogP contribution < -0.4 is 10.6 Å². The maximum atomic E-state index is 11.7. The lowest BCUT2D eigenvalue weighted by Crippen LogP contribution is -2.48. The van der Waals surface area contributed by atoms with Crippen LogP contribution in [0, 0.1) is 0 Å². The first-order chi connectivity index (χ1) is 9.56. The Morgan fingerprint density at radius 1 is 1.30 bits per heavy atom. The van der Waals surface area contributed by atoms with Crippen LogP contribution >= 0.6 is 0 Å². The predicted octanol–water partition coefficient (Wildman–Crippen LogP) is 2.22. The van der Waals surface area contributed by atoms with E-state index in [1.165, 1.54) is 0 Å². The fourth-order valence-electron chi connectivity index (χ4n) is 1.94. The molecule has 0 bridgehead atoms. The first kappa shape index (κ1) is 16.3. The first-order valence-electron chi connectivity index (χ1n) is 7.21. The van der Waals surface area contributed by atoms with Crippen LogP contribution in [0.25, 0.3) is 0 Å². The Hall–Kier alpha value is -1.72. The number of amides is 3. The van der Waals surface area contributed by atoms with Gasteiger partial charge in [0.2, 0.25) is 0 Å². The smallest absolute Gasteiger partial charge is 0.409 e. The molecular weight excluding hydrogens is 258 g/mol. The van der Waals surface area contributed by atoms with Crippen LogP contribution in [-0.4, -0.2) is 42.8 Å². The maximum Gasteiger partial charge on any atom is 0.409 e. The number of nitrogens with one attached hydrogen (secondary N) is 2. The maximum absolute atomic E-state index is 11.7. The number of piperidine rings is 1. The second-order valence-corrected chi connectivity index (χ2v) is 4.92. The molecule has 0 aromatic carbocycles. The van der Waals surface area contributed by atoms with Gasteiger partial charge in [-0.15, -0.1) is 0 Å². The molecule has 1 aliphatic heterocycles. The molecule has 1 heterocycles. The molecule has 0 unspecified atom stereocenters. The number of nitrogens with zero attached hydrogens (tertiary/aromatic N) is 1. The molecule has 114 valence electrons. The van der Waals surface area contributed by atoms with Crippen molar-refractivity contribution in [2.24, 2.45) is 0 Å². The summed E-state index contributed by atoms with van der Waals surface area (Å²) in [7, 11) is 0. The van der Waals surface area contributed by atoms with E-state index in [9.17, 15) is 9.59 Å². The second kappa shape index (κ2) is 8.45. The predicted molar refractivity (Wildman–Crippen MR) is 77.3 cm³/mol. The van der Waals surface area contributed by atoms with Crippen molar-refractivity contribution in [2.45, 2.75) is 46.1 Å². The summed E-state index contributed by atoms with van der Waals surface area (Å²) >= 11 is 0. The van der Waals surface area contributed by atoms with Crippen molar-refractivity contribution in [1.82, 2.24) is 15.5 Å². The van der Waals surface area contributed by atoms with Gasteiger partial charge in [0.25, 0.3) is 0 Å². The molecule has 3 amide bonds. The van der Waals surface area contributed by atoms with Crippen molar-refractivity contribution in [1.29, 1.82) is 0 Å². The molecule has 20 heavy (non-hydrogen) atoms. The molecule has 1 rings (SSSR count). The van der Waals surface area contributed by atoms with Crippen molar-refractivity contribution in [2.75, 3.05) is 19.7 Å². The van der Waals surface area contributed by atoms with Crippen LogP contribution in [0.3, 0.4) is 0 Å². The highest BCUT2D eigenvalue weighted by atomic mass is 16.6. The molecule has 2 N–H and O–H groups in total. The molecular formula is C14H25N3O3. The third-order valence-electron chi connectivity index (χ3n) is 3.36. The largest absolute Gasteiger partial charge is 0.450 e. The van der Waals surface area contributed by atoms with Gasteiger partial charge >= 0.3 is 12.1 Å². The van der Waals surface area contributed by atoms with E-state index in [2.05, 4.69) is 10.6 Å². The monoisotopic (exact) mass is 283 g/mol. The lowest BCUT2D eigenvalue weighted by molar-refractivity contribution is 0.0958. The number of carbonyl (C=O) groups excluding carboxylic acids is 2. The van der Waals surface area contributed by atoms with Gasteiger partial charge in [0.05, 0.1) is 6.61 Å². The summed E-state index contributed by atoms with van der Waals surface area (Å²) in [6, 6.07) is -0.0802. The SMILES string of the molecule is CCOC(=O)N1CCC(NC(=O)N/C=C(\C)CC)CC1. The molecule has 1 fully saturated rings. The fraction of sp³-hybridized carbons (Fsp3) is 0.714. The van der Waals surface area contributed by atoms with Crippen LogP contribution in [0.2, 0.25) is 0 Å². The zero-order valence-electron chi connectivity index (χ0n) is 12.6. The third-order valence-corrected chi connectivity index (χ3v) is 3.36. The summed E-state index contributed by atoms with van der Waals surface area (Å²) in [6.45, 7) is 7.43. The molecule has 6 nitrogen and oxygen atoms in total. The second-order valence-electron chi connectivity index (χ2n) is 4.92. The topological polar surface area (TPSA) is 70.7 Å². The molecule has 0 saturated carbocycles. The first-order valence-corrected chi connectivity index (χ1v) is 7.21. The molecule has 0 aromatic rings. The van der Waals surface area contributed by atoms with Gasteiger partial charge in [0.1, 0.15) is 0 Å². The summed E-state index contributed by atoms with van der Waals surface area (Å²) in [5.74, 6) is 0. The Bertz CT molecular complexity index is 361. The number of ether oxygens (including phenoxy) is 1. The highest BCUT2D eigenvalue weighted by Crippen LogP contribution is 2.11. The molecule has 1 saturated heterocycles. The molecule has 1 aliphatic rings. The molecule has 0 aromatic heterocycles. The van der Waals surface area contributed by atoms with E-state index >= 15 is 0 Å². The molecule has 0 aliphatic carbocycles. The van der Waals surface area contributed by atoms with Crippen molar-refractivity contribution >= 4 is 12.1 Å². The van der Waals surface area contributed by atoms with Crippen LogP contribution in [0.15, 0.2) is 11.8 Å². The summed E-state index contributed by atoms with van der Waals surface area (Å²) < 4.78 is 4.95. The Morgan fingerprint density at radius 3 is 2.50 bits per heavy atom. The van der Waals surface area contributed by atoms with E-state index in [1.54, 1.807) is 18.0 Å². The van der Waals surface area contributed by atoms with E-state index in [-0.39, 0.29) is 18.2 Å². The van der Waals surface area contributed by atoms with Gasteiger partial charge in [-0.2, -0.15) is 0 Å². The Labute approximate surface area is 120 Å². The van der Waals surface area contributed by atoms with Gasteiger partial charge in [0, 0.05) is 25.3 Å². The van der Waals surface area contributed by atoms with Gasteiger partial charge in [-0.25, -0.2) is 9.59 Å². The Kier molecular flexibility index (Phi) is 6.90. The summed E-state index contributed by atoms with van der Waals surface area (Å²) in [6.07, 6.45) is 3.88. The normalized spacial score (nSPS) is 16.8. The van der Waals surface area contributed by atoms with Gasteiger partial charge in [-0.05, 0) is 33.1 Å². The standard InChI is InChI=1S/C14H25N3O3/c1-4-11(3)10-15-13(18)16-12-6-8-17(9-7-12)14(19)20-5-2/h10,12H,4-9H2,1-3H3,(H2,15,16,18)/b11-10+. The summed E-state index contributed by atoms with van der Waals surface area (Å²) in [4.78, 5) is 24.9. The van der Waals surface area contributed by atoms with Crippen LogP contribution in [-0.2, 0) is 4.74 Å². The number of allylic oxidation sites excluding steroid dienone is 1. The van der Waals surface area contributed by atoms with Crippen molar-refractivity contribution < 1.29 is 14.3 Å². The van der Waals surface area contributed by atoms with E-state index < -0.39 is 0 Å². The Balaban J connectivity index is 2.28. The Morgan fingerprint density at radius 2 is 1.95 bits per heavy atom. The number of hydrogen-bond donors (Lipinski definition) is 2. The van der Waals surface area contributed by atoms with E-state index in [0.29, 0.717) is 19.7 Å². The number of likely N-dealkylation sites (tertiary alicyclic amines) is 1. The minimum atomic E-state index is -0.267. The molecule has 0 spiro atoms. The van der Waals surface area contributed by atoms with Crippen LogP contribution in [0.1, 0.15) is 40.0 Å². The van der Waals surface area contributed by atoms with Gasteiger partial charge in [-0.1, -0.05) is 12.5 Å². The summed E-state index contributed by atoms with van der Waals surface area (Å²) in [5.41, 5.74) is 1.12. The number of rotatable bonds is 4. The van der Waals surface area contributed by atoms with E-state index in [0.717, 1.165) is 24.8 Å². The zero-order chi connectivity index (χ0) is 15.0. The highest BCUT2D eigenvalue weighted by molar-refractivity contribution is 5.75.